The molecule has 6 nitrogen and oxygen atoms in total. The van der Waals surface area contributed by atoms with Gasteiger partial charge in [0.25, 0.3) is 0 Å². The Balaban J connectivity index is 2.00. The fourth-order valence-corrected chi connectivity index (χ4v) is 3.63. The van der Waals surface area contributed by atoms with Crippen molar-refractivity contribution in [3.63, 3.8) is 0 Å². The number of ether oxygens (including phenoxy) is 1. The molecule has 0 aliphatic heterocycles. The van der Waals surface area contributed by atoms with Crippen LogP contribution in [-0.2, 0) is 4.74 Å². The molecule has 0 unspecified atom stereocenters. The summed E-state index contributed by atoms with van der Waals surface area (Å²) >= 11 is 1.04. The van der Waals surface area contributed by atoms with Crippen LogP contribution < -0.4 is 0 Å². The molecule has 0 radical (unpaired) electrons. The number of carbonyl (C=O) groups excluding carboxylic acids is 2. The van der Waals surface area contributed by atoms with Gasteiger partial charge in [0.1, 0.15) is 16.6 Å². The fraction of sp³-hybridized carbons (Fsp3) is 0.200. The van der Waals surface area contributed by atoms with Gasteiger partial charge in [-0.2, -0.15) is 8.75 Å². The summed E-state index contributed by atoms with van der Waals surface area (Å²) in [7, 11) is 0. The van der Waals surface area contributed by atoms with Crippen LogP contribution in [0.2, 0.25) is 0 Å². The van der Waals surface area contributed by atoms with Crippen LogP contribution in [0.15, 0.2) is 42.5 Å². The number of para-hydroxylation sites is 1. The second kappa shape index (κ2) is 6.28. The standard InChI is InChI=1S/C20H17N3O3S/c1-20(2,3)26-19(25)23-15-7-5-4-6-12(15)10-16(23)14-9-8-13(11-24)17-18(14)22-27-21-17/h4-11H,1-3H3. The van der Waals surface area contributed by atoms with Crippen LogP contribution in [0.1, 0.15) is 31.1 Å². The third kappa shape index (κ3) is 3.00. The van der Waals surface area contributed by atoms with E-state index in [0.717, 1.165) is 34.5 Å². The summed E-state index contributed by atoms with van der Waals surface area (Å²) in [5.74, 6) is 0. The number of hydrogen-bond acceptors (Lipinski definition) is 6. The first-order valence-electron chi connectivity index (χ1n) is 8.44. The van der Waals surface area contributed by atoms with E-state index in [0.29, 0.717) is 22.3 Å². The summed E-state index contributed by atoms with van der Waals surface area (Å²) in [6.07, 6.45) is 0.297. The predicted molar refractivity (Wildman–Crippen MR) is 105 cm³/mol. The fourth-order valence-electron chi connectivity index (χ4n) is 3.04. The zero-order chi connectivity index (χ0) is 19.2. The summed E-state index contributed by atoms with van der Waals surface area (Å²) in [6, 6.07) is 13.0. The number of carbonyl (C=O) groups is 2. The van der Waals surface area contributed by atoms with Crippen LogP contribution in [0.5, 0.6) is 0 Å². The maximum absolute atomic E-state index is 13.0. The Hall–Kier alpha value is -3.06. The second-order valence-corrected chi connectivity index (χ2v) is 7.71. The number of aromatic nitrogens is 3. The highest BCUT2D eigenvalue weighted by molar-refractivity contribution is 7.00. The average Bonchev–Trinajstić information content (AvgIpc) is 3.24. The van der Waals surface area contributed by atoms with Gasteiger partial charge in [-0.15, -0.1) is 0 Å². The van der Waals surface area contributed by atoms with Crippen molar-refractivity contribution < 1.29 is 14.3 Å². The molecule has 2 aromatic heterocycles. The Morgan fingerprint density at radius 3 is 2.59 bits per heavy atom. The minimum atomic E-state index is -0.626. The monoisotopic (exact) mass is 379 g/mol. The Bertz CT molecular complexity index is 1180. The summed E-state index contributed by atoms with van der Waals surface area (Å²) in [4.78, 5) is 24.3. The van der Waals surface area contributed by atoms with Gasteiger partial charge in [0.05, 0.1) is 22.9 Å². The molecule has 7 heteroatoms. The minimum absolute atomic E-state index is 0.463. The van der Waals surface area contributed by atoms with E-state index >= 15 is 0 Å². The average molecular weight is 379 g/mol. The molecule has 136 valence electrons. The van der Waals surface area contributed by atoms with E-state index in [-0.39, 0.29) is 0 Å². The first-order valence-corrected chi connectivity index (χ1v) is 9.17. The smallest absolute Gasteiger partial charge is 0.419 e. The van der Waals surface area contributed by atoms with Crippen LogP contribution in [-0.4, -0.2) is 31.3 Å². The number of rotatable bonds is 2. The lowest BCUT2D eigenvalue weighted by Gasteiger charge is -2.21. The zero-order valence-electron chi connectivity index (χ0n) is 15.1. The van der Waals surface area contributed by atoms with E-state index in [9.17, 15) is 9.59 Å². The molecule has 4 rings (SSSR count). The normalized spacial score (nSPS) is 11.8. The summed E-state index contributed by atoms with van der Waals surface area (Å²) in [5.41, 5.74) is 3.11. The van der Waals surface area contributed by atoms with Crippen molar-refractivity contribution in [3.05, 3.63) is 48.0 Å². The van der Waals surface area contributed by atoms with Crippen molar-refractivity contribution in [1.29, 1.82) is 0 Å². The number of aldehydes is 1. The SMILES string of the molecule is CC(C)(C)OC(=O)n1c(-c2ccc(C=O)c3nsnc23)cc2ccccc21. The molecule has 0 N–H and O–H groups in total. The Labute approximate surface area is 159 Å². The van der Waals surface area contributed by atoms with Gasteiger partial charge in [-0.05, 0) is 45.0 Å². The van der Waals surface area contributed by atoms with Crippen molar-refractivity contribution in [1.82, 2.24) is 13.3 Å². The highest BCUT2D eigenvalue weighted by Gasteiger charge is 2.24. The lowest BCUT2D eigenvalue weighted by atomic mass is 10.1. The maximum atomic E-state index is 13.0. The second-order valence-electron chi connectivity index (χ2n) is 7.19. The van der Waals surface area contributed by atoms with E-state index in [1.807, 2.05) is 51.1 Å². The summed E-state index contributed by atoms with van der Waals surface area (Å²) in [6.45, 7) is 5.49. The largest absolute Gasteiger partial charge is 0.443 e. The molecule has 4 aromatic rings. The van der Waals surface area contributed by atoms with Gasteiger partial charge in [0, 0.05) is 16.5 Å². The number of hydrogen-bond donors (Lipinski definition) is 0. The van der Waals surface area contributed by atoms with Crippen LogP contribution in [0, 0.1) is 0 Å². The maximum Gasteiger partial charge on any atom is 0.419 e. The number of fused-ring (bicyclic) bond motifs is 2. The topological polar surface area (TPSA) is 74.1 Å². The molecule has 2 aromatic carbocycles. The van der Waals surface area contributed by atoms with Gasteiger partial charge in [0.2, 0.25) is 0 Å². The van der Waals surface area contributed by atoms with Gasteiger partial charge in [0.15, 0.2) is 6.29 Å². The molecular weight excluding hydrogens is 362 g/mol. The van der Waals surface area contributed by atoms with E-state index in [1.54, 1.807) is 16.7 Å². The van der Waals surface area contributed by atoms with Crippen LogP contribution in [0.4, 0.5) is 4.79 Å². The van der Waals surface area contributed by atoms with Crippen LogP contribution in [0.3, 0.4) is 0 Å². The highest BCUT2D eigenvalue weighted by atomic mass is 32.1. The quantitative estimate of drug-likeness (QED) is 0.463. The van der Waals surface area contributed by atoms with Gasteiger partial charge >= 0.3 is 6.09 Å². The lowest BCUT2D eigenvalue weighted by molar-refractivity contribution is 0.0547. The molecule has 0 saturated carbocycles. The van der Waals surface area contributed by atoms with Crippen molar-refractivity contribution in [2.45, 2.75) is 26.4 Å². The third-order valence-electron chi connectivity index (χ3n) is 4.14. The van der Waals surface area contributed by atoms with Crippen LogP contribution in [0.25, 0.3) is 33.2 Å². The van der Waals surface area contributed by atoms with Crippen LogP contribution >= 0.6 is 11.7 Å². The van der Waals surface area contributed by atoms with Gasteiger partial charge in [-0.1, -0.05) is 18.2 Å². The Morgan fingerprint density at radius 2 is 1.85 bits per heavy atom. The number of benzene rings is 2. The predicted octanol–water partition coefficient (Wildman–Crippen LogP) is 4.91. The Kier molecular flexibility index (Phi) is 4.04. The van der Waals surface area contributed by atoms with E-state index in [4.69, 9.17) is 4.74 Å². The minimum Gasteiger partial charge on any atom is -0.443 e. The molecule has 0 saturated heterocycles. The molecule has 0 aliphatic carbocycles. The van der Waals surface area contributed by atoms with Crippen molar-refractivity contribution >= 4 is 46.0 Å². The van der Waals surface area contributed by atoms with Crippen molar-refractivity contribution in [2.75, 3.05) is 0 Å². The number of nitrogens with zero attached hydrogens (tertiary/aromatic N) is 3. The van der Waals surface area contributed by atoms with E-state index in [2.05, 4.69) is 8.75 Å². The summed E-state index contributed by atoms with van der Waals surface area (Å²) < 4.78 is 15.8. The zero-order valence-corrected chi connectivity index (χ0v) is 15.9. The molecule has 0 spiro atoms. The highest BCUT2D eigenvalue weighted by Crippen LogP contribution is 2.34. The molecule has 2 heterocycles. The van der Waals surface area contributed by atoms with Gasteiger partial charge in [-0.25, -0.2) is 9.36 Å². The molecule has 0 aliphatic rings. The van der Waals surface area contributed by atoms with Gasteiger partial charge < -0.3 is 4.74 Å². The van der Waals surface area contributed by atoms with Gasteiger partial charge in [-0.3, -0.25) is 4.79 Å². The molecule has 27 heavy (non-hydrogen) atoms. The Morgan fingerprint density at radius 1 is 1.11 bits per heavy atom. The molecule has 0 bridgehead atoms. The first kappa shape index (κ1) is 17.4. The molecule has 0 amide bonds. The van der Waals surface area contributed by atoms with Crippen molar-refractivity contribution in [2.24, 2.45) is 0 Å². The molecule has 0 fully saturated rings. The lowest BCUT2D eigenvalue weighted by Crippen LogP contribution is -2.27. The van der Waals surface area contributed by atoms with E-state index in [1.165, 1.54) is 0 Å². The van der Waals surface area contributed by atoms with Crippen molar-refractivity contribution in [3.8, 4) is 11.3 Å². The third-order valence-corrected chi connectivity index (χ3v) is 4.66. The molecular formula is C20H17N3O3S. The summed E-state index contributed by atoms with van der Waals surface area (Å²) in [5, 5.41) is 0.911. The van der Waals surface area contributed by atoms with E-state index < -0.39 is 11.7 Å². The first-order chi connectivity index (χ1) is 12.9. The molecule has 0 atom stereocenters.